The molecule has 79 heavy (non-hydrogen) atoms. The van der Waals surface area contributed by atoms with Gasteiger partial charge in [-0.1, -0.05) is 208 Å². The second kappa shape index (κ2) is 39.1. The molecule has 0 aliphatic carbocycles. The number of thiophene rings is 4. The van der Waals surface area contributed by atoms with Crippen molar-refractivity contribution in [3.63, 3.8) is 0 Å². The molecule has 2 amide bonds. The van der Waals surface area contributed by atoms with Crippen molar-refractivity contribution >= 4 is 121 Å². The molecule has 6 heterocycles. The van der Waals surface area contributed by atoms with Crippen molar-refractivity contribution in [2.75, 3.05) is 13.1 Å². The Bertz CT molecular complexity index is 2300. The number of fused-ring (bicyclic) bond motifs is 1. The first-order chi connectivity index (χ1) is 38.6. The maximum atomic E-state index is 16.0. The average molecular weight is 1300 g/mol. The summed E-state index contributed by atoms with van der Waals surface area (Å²) >= 11 is 18.3. The third-order valence-electron chi connectivity index (χ3n) is 16.2. The molecule has 2 atom stereocenters. The van der Waals surface area contributed by atoms with E-state index < -0.39 is 0 Å². The molecule has 2 unspecified atom stereocenters. The molecule has 4 aromatic heterocycles. The second-order valence-corrected chi connectivity index (χ2v) is 29.8. The Balaban J connectivity index is 0.00000374. The summed E-state index contributed by atoms with van der Waals surface area (Å²) in [7, 11) is 4.34. The van der Waals surface area contributed by atoms with Crippen molar-refractivity contribution in [1.82, 2.24) is 9.80 Å². The second-order valence-electron chi connectivity index (χ2n) is 22.7. The Morgan fingerprint density at radius 2 is 0.709 bits per heavy atom. The van der Waals surface area contributed by atoms with Gasteiger partial charge in [-0.05, 0) is 143 Å². The van der Waals surface area contributed by atoms with Crippen LogP contribution in [-0.4, -0.2) is 42.3 Å². The molecule has 13 heteroatoms. The van der Waals surface area contributed by atoms with E-state index in [1.165, 1.54) is 218 Å². The minimum absolute atomic E-state index is 0.0409. The van der Waals surface area contributed by atoms with Gasteiger partial charge in [0.1, 0.15) is 0 Å². The van der Waals surface area contributed by atoms with E-state index >= 15 is 9.59 Å². The molecule has 2 aliphatic rings. The Morgan fingerprint density at radius 3 is 1.04 bits per heavy atom. The fraction of sp³-hybridized carbons (Fsp3) is 0.667. The summed E-state index contributed by atoms with van der Waals surface area (Å²) in [6.45, 7) is 15.1. The number of rotatable bonds is 42. The van der Waals surface area contributed by atoms with Crippen LogP contribution in [-0.2, 0) is 22.4 Å². The quantitative estimate of drug-likeness (QED) is 0.0273. The van der Waals surface area contributed by atoms with Gasteiger partial charge in [0.2, 0.25) is 0 Å². The Morgan fingerprint density at radius 1 is 0.430 bits per heavy atom. The van der Waals surface area contributed by atoms with E-state index in [0.29, 0.717) is 36.1 Å². The van der Waals surface area contributed by atoms with E-state index in [1.54, 1.807) is 22.7 Å². The van der Waals surface area contributed by atoms with Crippen LogP contribution in [0.4, 0.5) is 0 Å². The molecule has 0 spiro atoms. The number of thiol groups is 1. The van der Waals surface area contributed by atoms with E-state index in [4.69, 9.17) is 0 Å². The zero-order valence-electron chi connectivity index (χ0n) is 49.6. The van der Waals surface area contributed by atoms with Crippen LogP contribution in [0.5, 0.6) is 0 Å². The van der Waals surface area contributed by atoms with Crippen LogP contribution in [0.3, 0.4) is 0 Å². The number of hydrogen-bond acceptors (Lipinski definition) is 8. The predicted molar refractivity (Wildman–Crippen MR) is 361 cm³/mol. The summed E-state index contributed by atoms with van der Waals surface area (Å²) in [6, 6.07) is 13.8. The Hall–Kier alpha value is -1.61. The number of hydrogen-bond donors (Lipinski definition) is 1. The molecular formula is C66H99BBr2N3O2S5. The van der Waals surface area contributed by atoms with Crippen LogP contribution in [0.1, 0.15) is 268 Å². The Kier molecular flexibility index (Phi) is 33.7. The number of carbonyl (C=O) groups excluding carboxylic acids is 2. The van der Waals surface area contributed by atoms with Gasteiger partial charge in [0.25, 0.3) is 11.8 Å². The van der Waals surface area contributed by atoms with Crippen molar-refractivity contribution in [3.05, 3.63) is 76.0 Å². The molecule has 0 bridgehead atoms. The van der Waals surface area contributed by atoms with Crippen LogP contribution in [0.2, 0.25) is 0 Å². The molecule has 1 radical (unpaired) electrons. The van der Waals surface area contributed by atoms with Crippen LogP contribution in [0.25, 0.3) is 30.9 Å². The van der Waals surface area contributed by atoms with Gasteiger partial charge in [0.05, 0.1) is 39.9 Å². The van der Waals surface area contributed by atoms with Crippen molar-refractivity contribution < 1.29 is 9.59 Å². The number of halogens is 2. The van der Waals surface area contributed by atoms with Gasteiger partial charge in [-0.3, -0.25) is 9.59 Å². The van der Waals surface area contributed by atoms with Crippen molar-refractivity contribution in [2.24, 2.45) is 16.1 Å². The molecule has 0 saturated heterocycles. The topological polar surface area (TPSA) is 53.0 Å². The Labute approximate surface area is 520 Å². The summed E-state index contributed by atoms with van der Waals surface area (Å²) in [5.41, 5.74) is 5.85. The molecule has 0 aromatic carbocycles. The van der Waals surface area contributed by atoms with Crippen LogP contribution < -0.4 is 0 Å². The van der Waals surface area contributed by atoms with Gasteiger partial charge in [-0.25, -0.2) is 0 Å². The molecule has 6 rings (SSSR count). The van der Waals surface area contributed by atoms with E-state index in [1.807, 2.05) is 22.7 Å². The summed E-state index contributed by atoms with van der Waals surface area (Å²) < 4.78 is 5.15. The first-order valence-corrected chi connectivity index (χ1v) is 36.8. The fourth-order valence-corrected chi connectivity index (χ4v) is 17.5. The van der Waals surface area contributed by atoms with Gasteiger partial charge in [-0.2, -0.15) is 0 Å². The third-order valence-corrected chi connectivity index (χ3v) is 22.7. The summed E-state index contributed by atoms with van der Waals surface area (Å²) in [4.78, 5) is 43.4. The van der Waals surface area contributed by atoms with Gasteiger partial charge in [-0.15, -0.1) is 45.3 Å². The first kappa shape index (κ1) is 68.2. The maximum absolute atomic E-state index is 16.0. The van der Waals surface area contributed by atoms with E-state index in [0.717, 1.165) is 59.7 Å². The average Bonchev–Trinajstić information content (AvgIpc) is 4.39. The standard InChI is InChI=1S/C66H98Br2N2O2S4.BHNS/c1-7-13-19-25-27-31-37-49(35-29-21-15-9-3)47-69-61(55-43-41-53(73-55)57-45-51(63(67)75-57)39-33-23-17-11-5)59-60(65(69)71)62(56-44-42-54(74-56)58-46-52(64(68)76-58)40-34-24-18-12-6)70(66(59)72)48-50(36-30-22-16-10-4)38-32-28-26-20-14-8-2;1-2-3/h41-46,49-50H,7-40,47-48H2,1-6H3;3H. The van der Waals surface area contributed by atoms with Crippen LogP contribution in [0, 0.1) is 11.8 Å². The zero-order chi connectivity index (χ0) is 56.8. The van der Waals surface area contributed by atoms with Crippen LogP contribution >= 0.6 is 90.0 Å². The monoisotopic (exact) mass is 1290 g/mol. The molecule has 2 aliphatic heterocycles. The third kappa shape index (κ3) is 21.5. The molecule has 437 valence electrons. The van der Waals surface area contributed by atoms with Gasteiger partial charge in [0, 0.05) is 32.6 Å². The molecule has 0 N–H and O–H groups in total. The first-order valence-electron chi connectivity index (χ1n) is 31.5. The number of amides is 2. The molecule has 4 aromatic rings. The SMILES string of the molecule is CCCCCCCCC(CCCCCC)CN1C(=O)C2=C(c3ccc(-c4cc(CCCCCC)c(Br)s4)s3)N(CC(CCCCCC)CCCCCCCC)C(=O)C2=C1c1ccc(-c2cc(CCCCCC)c(Br)s2)s1.[B]=NS. The van der Waals surface area contributed by atoms with Crippen molar-refractivity contribution in [3.8, 4) is 19.5 Å². The van der Waals surface area contributed by atoms with Crippen molar-refractivity contribution in [1.29, 1.82) is 0 Å². The van der Waals surface area contributed by atoms with E-state index in [2.05, 4.69) is 144 Å². The molecule has 5 nitrogen and oxygen atoms in total. The molecule has 0 fully saturated rings. The van der Waals surface area contributed by atoms with Crippen LogP contribution in [0.15, 0.2) is 59.4 Å². The van der Waals surface area contributed by atoms with E-state index in [9.17, 15) is 0 Å². The summed E-state index contributed by atoms with van der Waals surface area (Å²) in [6.07, 6.45) is 41.6. The van der Waals surface area contributed by atoms with Gasteiger partial charge < -0.3 is 9.80 Å². The predicted octanol–water partition coefficient (Wildman–Crippen LogP) is 23.7. The summed E-state index contributed by atoms with van der Waals surface area (Å²) in [5, 5.41) is 0. The zero-order valence-corrected chi connectivity index (χ0v) is 57.0. The van der Waals surface area contributed by atoms with Gasteiger partial charge in [0.15, 0.2) is 0 Å². The number of unbranched alkanes of at least 4 members (excludes halogenated alkanes) is 22. The van der Waals surface area contributed by atoms with E-state index in [-0.39, 0.29) is 11.8 Å². The number of nitrogens with zero attached hydrogens (tertiary/aromatic N) is 3. The molecule has 0 saturated carbocycles. The number of aryl methyl sites for hydroxylation is 2. The molecular weight excluding hydrogens is 1200 g/mol. The number of carbonyl (C=O) groups is 2. The fourth-order valence-electron chi connectivity index (χ4n) is 11.6. The van der Waals surface area contributed by atoms with Crippen molar-refractivity contribution in [2.45, 2.75) is 260 Å². The minimum atomic E-state index is 0.0409. The normalized spacial score (nSPS) is 14.3. The summed E-state index contributed by atoms with van der Waals surface area (Å²) in [5.74, 6) is 0.843. The van der Waals surface area contributed by atoms with Gasteiger partial charge >= 0.3 is 24.8 Å².